The number of carbonyl (C=O) groups excluding carboxylic acids is 1. The molecule has 3 aliphatic heterocycles. The van der Waals surface area contributed by atoms with Crippen LogP contribution >= 0.6 is 0 Å². The molecule has 29 heavy (non-hydrogen) atoms. The number of hydrogen-bond donors (Lipinski definition) is 0. The molecule has 2 aromatic rings. The molecule has 5 nitrogen and oxygen atoms in total. The first kappa shape index (κ1) is 18.5. The lowest BCUT2D eigenvalue weighted by Gasteiger charge is -2.50. The number of hydrogen-bond acceptors (Lipinski definition) is 4. The van der Waals surface area contributed by atoms with Gasteiger partial charge < -0.3 is 14.4 Å². The number of benzene rings is 2. The quantitative estimate of drug-likeness (QED) is 0.802. The van der Waals surface area contributed by atoms with E-state index in [4.69, 9.17) is 9.47 Å². The van der Waals surface area contributed by atoms with E-state index in [1.165, 1.54) is 11.1 Å². The molecule has 0 radical (unpaired) electrons. The van der Waals surface area contributed by atoms with Gasteiger partial charge in [-0.15, -0.1) is 0 Å². The molecule has 1 saturated heterocycles. The molecule has 2 aromatic carbocycles. The molecule has 0 aliphatic carbocycles. The maximum absolute atomic E-state index is 13.0. The Kier molecular flexibility index (Phi) is 4.50. The van der Waals surface area contributed by atoms with Crippen LogP contribution in [-0.2, 0) is 16.6 Å². The maximum Gasteiger partial charge on any atom is 0.231 e. The van der Waals surface area contributed by atoms with Gasteiger partial charge in [-0.2, -0.15) is 0 Å². The smallest absolute Gasteiger partial charge is 0.231 e. The number of aryl methyl sites for hydroxylation is 1. The predicted molar refractivity (Wildman–Crippen MR) is 111 cm³/mol. The molecule has 1 fully saturated rings. The van der Waals surface area contributed by atoms with Crippen LogP contribution in [0.5, 0.6) is 11.5 Å². The Morgan fingerprint density at radius 2 is 1.93 bits per heavy atom. The van der Waals surface area contributed by atoms with Crippen molar-refractivity contribution in [2.24, 2.45) is 0 Å². The predicted octanol–water partition coefficient (Wildman–Crippen LogP) is 3.52. The Morgan fingerprint density at radius 1 is 1.10 bits per heavy atom. The van der Waals surface area contributed by atoms with E-state index in [2.05, 4.69) is 47.9 Å². The van der Waals surface area contributed by atoms with Crippen molar-refractivity contribution in [1.29, 1.82) is 0 Å². The van der Waals surface area contributed by atoms with Crippen LogP contribution in [-0.4, -0.2) is 48.7 Å². The molecule has 0 aromatic heterocycles. The number of piperazine rings is 1. The second kappa shape index (κ2) is 7.06. The maximum atomic E-state index is 13.0. The summed E-state index contributed by atoms with van der Waals surface area (Å²) in [6, 6.07) is 15.0. The fourth-order valence-electron chi connectivity index (χ4n) is 5.03. The van der Waals surface area contributed by atoms with Gasteiger partial charge in [-0.1, -0.05) is 44.2 Å². The van der Waals surface area contributed by atoms with Gasteiger partial charge in [0.15, 0.2) is 11.5 Å². The zero-order valence-corrected chi connectivity index (χ0v) is 17.2. The molecule has 152 valence electrons. The second-order valence-corrected chi connectivity index (χ2v) is 8.98. The molecule has 5 rings (SSSR count). The topological polar surface area (TPSA) is 42.0 Å². The van der Waals surface area contributed by atoms with Gasteiger partial charge in [0.1, 0.15) is 0 Å². The van der Waals surface area contributed by atoms with Gasteiger partial charge in [-0.05, 0) is 35.2 Å². The highest BCUT2D eigenvalue weighted by Crippen LogP contribution is 2.41. The zero-order valence-electron chi connectivity index (χ0n) is 17.2. The minimum absolute atomic E-state index is 0.151. The van der Waals surface area contributed by atoms with Crippen LogP contribution in [0.1, 0.15) is 43.0 Å². The van der Waals surface area contributed by atoms with Crippen LogP contribution in [0, 0.1) is 0 Å². The van der Waals surface area contributed by atoms with E-state index in [1.807, 2.05) is 18.2 Å². The van der Waals surface area contributed by atoms with Gasteiger partial charge in [0.25, 0.3) is 0 Å². The van der Waals surface area contributed by atoms with E-state index in [1.54, 1.807) is 0 Å². The van der Waals surface area contributed by atoms with Crippen LogP contribution in [0.2, 0.25) is 0 Å². The molecule has 3 heterocycles. The lowest BCUT2D eigenvalue weighted by Crippen LogP contribution is -2.55. The van der Waals surface area contributed by atoms with Crippen molar-refractivity contribution in [3.8, 4) is 11.5 Å². The van der Waals surface area contributed by atoms with E-state index in [9.17, 15) is 4.79 Å². The summed E-state index contributed by atoms with van der Waals surface area (Å²) < 4.78 is 10.8. The fraction of sp³-hybridized carbons (Fsp3) is 0.458. The van der Waals surface area contributed by atoms with Crippen molar-refractivity contribution in [3.63, 3.8) is 0 Å². The molecule has 5 heteroatoms. The van der Waals surface area contributed by atoms with Gasteiger partial charge in [-0.25, -0.2) is 0 Å². The average molecular weight is 392 g/mol. The number of nitrogens with zero attached hydrogens (tertiary/aromatic N) is 2. The summed E-state index contributed by atoms with van der Waals surface area (Å²) in [6.45, 7) is 8.52. The van der Waals surface area contributed by atoms with Crippen molar-refractivity contribution in [2.75, 3.05) is 33.0 Å². The number of carbonyl (C=O) groups is 1. The summed E-state index contributed by atoms with van der Waals surface area (Å²) in [6.07, 6.45) is 1.25. The summed E-state index contributed by atoms with van der Waals surface area (Å²) in [4.78, 5) is 17.6. The van der Waals surface area contributed by atoms with Gasteiger partial charge in [-0.3, -0.25) is 9.69 Å². The Bertz CT molecular complexity index is 939. The monoisotopic (exact) mass is 392 g/mol. The van der Waals surface area contributed by atoms with Crippen LogP contribution in [0.15, 0.2) is 42.5 Å². The summed E-state index contributed by atoms with van der Waals surface area (Å²) in [5.74, 6) is 1.81. The summed E-state index contributed by atoms with van der Waals surface area (Å²) in [5, 5.41) is 0. The Balaban J connectivity index is 1.27. The number of fused-ring (bicyclic) bond motifs is 4. The van der Waals surface area contributed by atoms with Crippen molar-refractivity contribution >= 4 is 5.91 Å². The second-order valence-electron chi connectivity index (χ2n) is 8.98. The van der Waals surface area contributed by atoms with Gasteiger partial charge in [0.2, 0.25) is 12.7 Å². The summed E-state index contributed by atoms with van der Waals surface area (Å²) >= 11 is 0. The zero-order chi connectivity index (χ0) is 20.0. The molecule has 1 atom stereocenters. The third-order valence-corrected chi connectivity index (χ3v) is 6.56. The molecule has 0 saturated carbocycles. The van der Waals surface area contributed by atoms with E-state index >= 15 is 0 Å². The molecular weight excluding hydrogens is 364 g/mol. The normalized spacial score (nSPS) is 22.1. The first-order valence-electron chi connectivity index (χ1n) is 10.5. The van der Waals surface area contributed by atoms with Crippen LogP contribution in [0.3, 0.4) is 0 Å². The number of ether oxygens (including phenoxy) is 2. The molecular formula is C24H28N2O3. The first-order chi connectivity index (χ1) is 14.0. The van der Waals surface area contributed by atoms with E-state index in [-0.39, 0.29) is 18.1 Å². The van der Waals surface area contributed by atoms with Crippen molar-refractivity contribution < 1.29 is 14.3 Å². The Labute approximate surface area is 172 Å². The third kappa shape index (κ3) is 3.38. The van der Waals surface area contributed by atoms with Crippen LogP contribution in [0.25, 0.3) is 0 Å². The first-order valence-corrected chi connectivity index (χ1v) is 10.5. The molecule has 1 amide bonds. The Morgan fingerprint density at radius 3 is 2.83 bits per heavy atom. The minimum Gasteiger partial charge on any atom is -0.454 e. The highest BCUT2D eigenvalue weighted by molar-refractivity contribution is 5.76. The van der Waals surface area contributed by atoms with Crippen LogP contribution in [0.4, 0.5) is 0 Å². The largest absolute Gasteiger partial charge is 0.454 e. The lowest BCUT2D eigenvalue weighted by molar-refractivity contribution is -0.134. The third-order valence-electron chi connectivity index (χ3n) is 6.56. The van der Waals surface area contributed by atoms with E-state index in [0.717, 1.165) is 49.7 Å². The molecule has 1 unspecified atom stereocenters. The summed E-state index contributed by atoms with van der Waals surface area (Å²) in [5.41, 5.74) is 4.08. The standard InChI is InChI=1S/C24H28N2O3/c1-24(2)15-26-12-11-25(14-20(26)18-5-3-4-6-19(18)24)23(27)10-8-17-7-9-21-22(13-17)29-16-28-21/h3-7,9,13,20H,8,10-12,14-16H2,1-2H3. The van der Waals surface area contributed by atoms with Crippen molar-refractivity contribution in [2.45, 2.75) is 38.1 Å². The Hall–Kier alpha value is -2.53. The average Bonchev–Trinajstić information content (AvgIpc) is 3.19. The van der Waals surface area contributed by atoms with Gasteiger partial charge in [0.05, 0.1) is 6.04 Å². The summed E-state index contributed by atoms with van der Waals surface area (Å²) in [7, 11) is 0. The van der Waals surface area contributed by atoms with Crippen molar-refractivity contribution in [1.82, 2.24) is 9.80 Å². The molecule has 0 bridgehead atoms. The molecule has 0 spiro atoms. The van der Waals surface area contributed by atoms with Crippen LogP contribution < -0.4 is 9.47 Å². The molecule has 3 aliphatic rings. The highest BCUT2D eigenvalue weighted by atomic mass is 16.7. The van der Waals surface area contributed by atoms with Crippen molar-refractivity contribution in [3.05, 3.63) is 59.2 Å². The van der Waals surface area contributed by atoms with E-state index < -0.39 is 0 Å². The van der Waals surface area contributed by atoms with Gasteiger partial charge >= 0.3 is 0 Å². The lowest BCUT2D eigenvalue weighted by atomic mass is 9.75. The van der Waals surface area contributed by atoms with Gasteiger partial charge in [0, 0.05) is 38.0 Å². The van der Waals surface area contributed by atoms with E-state index in [0.29, 0.717) is 12.5 Å². The number of amides is 1. The fourth-order valence-corrected chi connectivity index (χ4v) is 5.03. The minimum atomic E-state index is 0.151. The number of rotatable bonds is 3. The SMILES string of the molecule is CC1(C)CN2CCN(C(=O)CCc3ccc4c(c3)OCO4)CC2c2ccccc21. The molecule has 0 N–H and O–H groups in total. The highest BCUT2D eigenvalue weighted by Gasteiger charge is 2.40.